The molecule has 0 radical (unpaired) electrons. The Morgan fingerprint density at radius 1 is 1.15 bits per heavy atom. The molecule has 0 amide bonds. The second-order valence-corrected chi connectivity index (χ2v) is 7.18. The Morgan fingerprint density at radius 3 is 2.56 bits per heavy atom. The van der Waals surface area contributed by atoms with Crippen LogP contribution in [0.3, 0.4) is 0 Å². The van der Waals surface area contributed by atoms with Crippen LogP contribution < -0.4 is 5.32 Å². The fraction of sp³-hybridized carbons (Fsp3) is 0.381. The Hall–Kier alpha value is -1.43. The van der Waals surface area contributed by atoms with Crippen LogP contribution in [0, 0.1) is 0 Å². The Labute approximate surface area is 170 Å². The van der Waals surface area contributed by atoms with E-state index < -0.39 is 12.2 Å². The maximum atomic E-state index is 12.9. The monoisotopic (exact) mass is 409 g/mol. The highest BCUT2D eigenvalue weighted by atomic mass is 35.5. The number of ether oxygens (including phenoxy) is 1. The molecule has 2 aromatic rings. The third-order valence-corrected chi connectivity index (χ3v) is 4.79. The first kappa shape index (κ1) is 21.9. The first-order valence-corrected chi connectivity index (χ1v) is 9.80. The fourth-order valence-electron chi connectivity index (χ4n) is 2.63. The van der Waals surface area contributed by atoms with Crippen molar-refractivity contribution >= 4 is 29.0 Å². The van der Waals surface area contributed by atoms with E-state index >= 15 is 0 Å². The lowest BCUT2D eigenvalue weighted by molar-refractivity contribution is -0.00162. The number of rotatable bonds is 11. The number of nitrogens with one attached hydrogen (secondary N) is 1. The van der Waals surface area contributed by atoms with Crippen molar-refractivity contribution in [3.63, 3.8) is 0 Å². The summed E-state index contributed by atoms with van der Waals surface area (Å²) in [7, 11) is 0. The van der Waals surface area contributed by atoms with Crippen LogP contribution in [0.25, 0.3) is 0 Å². The number of ketones is 1. The standard InChI is InChI=1S/C21H25Cl2NO3/c1-2-10-24-13-17(25)14-27-20(21(26)16-6-4-3-5-7-16)12-15-8-9-18(22)19(23)11-15/h3-9,11,17,20,24-25H,2,10,12-14H2,1H3. The van der Waals surface area contributed by atoms with E-state index in [4.69, 9.17) is 27.9 Å². The number of aliphatic hydroxyl groups excluding tert-OH is 1. The Kier molecular flexibility index (Phi) is 9.25. The molecule has 0 bridgehead atoms. The van der Waals surface area contributed by atoms with Crippen molar-refractivity contribution in [1.82, 2.24) is 5.32 Å². The van der Waals surface area contributed by atoms with E-state index in [9.17, 15) is 9.90 Å². The molecule has 2 atom stereocenters. The fourth-order valence-corrected chi connectivity index (χ4v) is 2.95. The smallest absolute Gasteiger partial charge is 0.191 e. The molecule has 0 spiro atoms. The van der Waals surface area contributed by atoms with Crippen molar-refractivity contribution in [3.8, 4) is 0 Å². The topological polar surface area (TPSA) is 58.6 Å². The van der Waals surface area contributed by atoms with Gasteiger partial charge in [-0.05, 0) is 30.7 Å². The van der Waals surface area contributed by atoms with Gasteiger partial charge in [-0.15, -0.1) is 0 Å². The van der Waals surface area contributed by atoms with Gasteiger partial charge in [0.2, 0.25) is 0 Å². The summed E-state index contributed by atoms with van der Waals surface area (Å²) in [5.41, 5.74) is 1.42. The molecule has 0 heterocycles. The van der Waals surface area contributed by atoms with Gasteiger partial charge in [0.25, 0.3) is 0 Å². The third-order valence-electron chi connectivity index (χ3n) is 4.05. The zero-order valence-electron chi connectivity index (χ0n) is 15.3. The Balaban J connectivity index is 2.08. The van der Waals surface area contributed by atoms with Crippen LogP contribution in [0.15, 0.2) is 48.5 Å². The van der Waals surface area contributed by atoms with E-state index in [1.807, 2.05) is 24.3 Å². The van der Waals surface area contributed by atoms with E-state index in [-0.39, 0.29) is 12.4 Å². The van der Waals surface area contributed by atoms with Crippen LogP contribution in [0.5, 0.6) is 0 Å². The number of carbonyl (C=O) groups is 1. The van der Waals surface area contributed by atoms with Crippen LogP contribution in [0.1, 0.15) is 29.3 Å². The van der Waals surface area contributed by atoms with Gasteiger partial charge in [0.1, 0.15) is 6.10 Å². The first-order chi connectivity index (χ1) is 13.0. The van der Waals surface area contributed by atoms with Crippen molar-refractivity contribution in [2.24, 2.45) is 0 Å². The van der Waals surface area contributed by atoms with Gasteiger partial charge in [-0.25, -0.2) is 0 Å². The third kappa shape index (κ3) is 7.24. The summed E-state index contributed by atoms with van der Waals surface area (Å²) in [6.07, 6.45) is -0.0679. The number of hydrogen-bond donors (Lipinski definition) is 2. The maximum absolute atomic E-state index is 12.9. The van der Waals surface area contributed by atoms with E-state index in [2.05, 4.69) is 12.2 Å². The molecule has 0 saturated heterocycles. The van der Waals surface area contributed by atoms with Crippen molar-refractivity contribution in [1.29, 1.82) is 0 Å². The molecule has 4 nitrogen and oxygen atoms in total. The SMILES string of the molecule is CCCNCC(O)COC(Cc1ccc(Cl)c(Cl)c1)C(=O)c1ccccc1. The first-order valence-electron chi connectivity index (χ1n) is 9.04. The van der Waals surface area contributed by atoms with Gasteiger partial charge >= 0.3 is 0 Å². The van der Waals surface area contributed by atoms with Crippen LogP contribution in [0.2, 0.25) is 10.0 Å². The van der Waals surface area contributed by atoms with Gasteiger partial charge in [-0.3, -0.25) is 4.79 Å². The molecule has 0 fully saturated rings. The average molecular weight is 410 g/mol. The van der Waals surface area contributed by atoms with Gasteiger partial charge in [0, 0.05) is 18.5 Å². The highest BCUT2D eigenvalue weighted by Crippen LogP contribution is 2.24. The maximum Gasteiger partial charge on any atom is 0.191 e. The molecule has 2 N–H and O–H groups in total. The number of hydrogen-bond acceptors (Lipinski definition) is 4. The summed E-state index contributed by atoms with van der Waals surface area (Å²) >= 11 is 12.1. The minimum atomic E-state index is -0.717. The molecule has 2 rings (SSSR count). The van der Waals surface area contributed by atoms with E-state index in [0.717, 1.165) is 18.5 Å². The number of benzene rings is 2. The van der Waals surface area contributed by atoms with Crippen molar-refractivity contribution in [2.45, 2.75) is 32.0 Å². The van der Waals surface area contributed by atoms with Crippen LogP contribution in [-0.4, -0.2) is 42.8 Å². The van der Waals surface area contributed by atoms with Crippen molar-refractivity contribution in [3.05, 3.63) is 69.7 Å². The van der Waals surface area contributed by atoms with Crippen LogP contribution in [0.4, 0.5) is 0 Å². The largest absolute Gasteiger partial charge is 0.389 e. The van der Waals surface area contributed by atoms with Gasteiger partial charge in [0.05, 0.1) is 22.8 Å². The number of halogens is 2. The molecular weight excluding hydrogens is 385 g/mol. The number of Topliss-reactive ketones (excluding diaryl/α,β-unsaturated/α-hetero) is 1. The normalized spacial score (nSPS) is 13.3. The Morgan fingerprint density at radius 2 is 1.89 bits per heavy atom. The van der Waals surface area contributed by atoms with Crippen molar-refractivity contribution in [2.75, 3.05) is 19.7 Å². The van der Waals surface area contributed by atoms with Gasteiger partial charge in [0.15, 0.2) is 5.78 Å². The van der Waals surface area contributed by atoms with Crippen molar-refractivity contribution < 1.29 is 14.6 Å². The second kappa shape index (κ2) is 11.4. The molecule has 0 saturated carbocycles. The summed E-state index contributed by atoms with van der Waals surface area (Å²) in [4.78, 5) is 12.9. The van der Waals surface area contributed by atoms with E-state index in [0.29, 0.717) is 28.6 Å². The van der Waals surface area contributed by atoms with Crippen LogP contribution in [-0.2, 0) is 11.2 Å². The molecule has 2 aromatic carbocycles. The summed E-state index contributed by atoms with van der Waals surface area (Å²) in [6.45, 7) is 3.38. The molecule has 0 aromatic heterocycles. The molecule has 146 valence electrons. The van der Waals surface area contributed by atoms with Crippen LogP contribution >= 0.6 is 23.2 Å². The molecular formula is C21H25Cl2NO3. The zero-order valence-corrected chi connectivity index (χ0v) is 16.8. The summed E-state index contributed by atoms with van der Waals surface area (Å²) < 4.78 is 5.81. The molecule has 27 heavy (non-hydrogen) atoms. The summed E-state index contributed by atoms with van der Waals surface area (Å²) in [5, 5.41) is 14.1. The van der Waals surface area contributed by atoms with Gasteiger partial charge < -0.3 is 15.2 Å². The molecule has 2 unspecified atom stereocenters. The quantitative estimate of drug-likeness (QED) is 0.431. The molecule has 6 heteroatoms. The second-order valence-electron chi connectivity index (χ2n) is 6.36. The molecule has 0 aliphatic rings. The molecule has 0 aliphatic carbocycles. The predicted molar refractivity (Wildman–Crippen MR) is 110 cm³/mol. The lowest BCUT2D eigenvalue weighted by Crippen LogP contribution is -2.35. The van der Waals surface area contributed by atoms with Gasteiger partial charge in [-0.2, -0.15) is 0 Å². The zero-order chi connectivity index (χ0) is 19.6. The lowest BCUT2D eigenvalue weighted by atomic mass is 10.00. The van der Waals surface area contributed by atoms with E-state index in [1.54, 1.807) is 24.3 Å². The summed E-state index contributed by atoms with van der Waals surface area (Å²) in [6, 6.07) is 14.3. The van der Waals surface area contributed by atoms with E-state index in [1.165, 1.54) is 0 Å². The minimum Gasteiger partial charge on any atom is -0.389 e. The number of aliphatic hydroxyl groups is 1. The molecule has 0 aliphatic heterocycles. The highest BCUT2D eigenvalue weighted by Gasteiger charge is 2.23. The highest BCUT2D eigenvalue weighted by molar-refractivity contribution is 6.42. The number of carbonyl (C=O) groups excluding carboxylic acids is 1. The van der Waals surface area contributed by atoms with Gasteiger partial charge in [-0.1, -0.05) is 66.5 Å². The Bertz CT molecular complexity index is 725. The average Bonchev–Trinajstić information content (AvgIpc) is 2.68. The summed E-state index contributed by atoms with van der Waals surface area (Å²) in [5.74, 6) is -0.129. The lowest BCUT2D eigenvalue weighted by Gasteiger charge is -2.20. The minimum absolute atomic E-state index is 0.0707. The predicted octanol–water partition coefficient (Wildman–Crippen LogP) is 4.16.